The van der Waals surface area contributed by atoms with Crippen molar-refractivity contribution in [1.82, 2.24) is 0 Å². The first kappa shape index (κ1) is 22.6. The van der Waals surface area contributed by atoms with Crippen LogP contribution in [0.1, 0.15) is 45.7 Å². The first-order valence-electron chi connectivity index (χ1n) is 9.79. The zero-order valence-electron chi connectivity index (χ0n) is 17.6. The second-order valence-corrected chi connectivity index (χ2v) is 8.03. The van der Waals surface area contributed by atoms with Crippen LogP contribution in [0.3, 0.4) is 0 Å². The molecule has 0 heterocycles. The minimum absolute atomic E-state index is 0.130. The Morgan fingerprint density at radius 1 is 0.903 bits per heavy atom. The molecule has 3 aromatic carbocycles. The van der Waals surface area contributed by atoms with Crippen molar-refractivity contribution in [1.29, 1.82) is 0 Å². The van der Waals surface area contributed by atoms with Crippen molar-refractivity contribution >= 4 is 27.7 Å². The van der Waals surface area contributed by atoms with E-state index < -0.39 is 5.97 Å². The minimum Gasteiger partial charge on any atom is -0.493 e. The molecule has 0 aliphatic heterocycles. The van der Waals surface area contributed by atoms with Gasteiger partial charge < -0.3 is 14.2 Å². The topological polar surface area (TPSA) is 61.8 Å². The first-order chi connectivity index (χ1) is 14.9. The van der Waals surface area contributed by atoms with Gasteiger partial charge in [-0.1, -0.05) is 46.3 Å². The van der Waals surface area contributed by atoms with Gasteiger partial charge in [-0.05, 0) is 55.8 Å². The molecule has 3 aromatic rings. The van der Waals surface area contributed by atoms with E-state index in [9.17, 15) is 9.59 Å². The van der Waals surface area contributed by atoms with Gasteiger partial charge in [-0.2, -0.15) is 0 Å². The number of carbonyl (C=O) groups excluding carboxylic acids is 2. The van der Waals surface area contributed by atoms with Crippen LogP contribution < -0.4 is 9.47 Å². The number of benzene rings is 3. The third-order valence-corrected chi connectivity index (χ3v) is 4.98. The van der Waals surface area contributed by atoms with Gasteiger partial charge in [0.15, 0.2) is 17.3 Å². The third-order valence-electron chi connectivity index (χ3n) is 4.45. The Hall–Kier alpha value is -3.12. The predicted molar refractivity (Wildman–Crippen MR) is 122 cm³/mol. The van der Waals surface area contributed by atoms with E-state index in [1.54, 1.807) is 44.2 Å². The van der Waals surface area contributed by atoms with Crippen LogP contribution in [0, 0.1) is 0 Å². The summed E-state index contributed by atoms with van der Waals surface area (Å²) >= 11 is 3.37. The molecule has 3 rings (SSSR count). The largest absolute Gasteiger partial charge is 0.493 e. The van der Waals surface area contributed by atoms with Crippen molar-refractivity contribution < 1.29 is 23.8 Å². The molecule has 0 aliphatic rings. The van der Waals surface area contributed by atoms with Crippen molar-refractivity contribution in [3.63, 3.8) is 0 Å². The van der Waals surface area contributed by atoms with Gasteiger partial charge in [0.1, 0.15) is 6.61 Å². The number of esters is 1. The number of carbonyl (C=O) groups is 2. The van der Waals surface area contributed by atoms with Crippen LogP contribution in [0.25, 0.3) is 0 Å². The van der Waals surface area contributed by atoms with Crippen molar-refractivity contribution in [2.75, 3.05) is 7.11 Å². The summed E-state index contributed by atoms with van der Waals surface area (Å²) < 4.78 is 17.6. The van der Waals surface area contributed by atoms with Crippen LogP contribution in [0.2, 0.25) is 0 Å². The van der Waals surface area contributed by atoms with E-state index in [1.807, 2.05) is 30.3 Å². The maximum absolute atomic E-state index is 13.3. The van der Waals surface area contributed by atoms with Crippen LogP contribution in [-0.2, 0) is 11.3 Å². The Bertz CT molecular complexity index is 1060. The molecular weight excluding hydrogens is 460 g/mol. The molecule has 0 amide bonds. The Morgan fingerprint density at radius 3 is 2.16 bits per heavy atom. The summed E-state index contributed by atoms with van der Waals surface area (Å²) in [4.78, 5) is 26.0. The predicted octanol–water partition coefficient (Wildman–Crippen LogP) is 5.83. The zero-order valence-corrected chi connectivity index (χ0v) is 19.1. The van der Waals surface area contributed by atoms with Crippen LogP contribution in [-0.4, -0.2) is 25.0 Å². The van der Waals surface area contributed by atoms with Crippen molar-refractivity contribution in [3.8, 4) is 11.5 Å². The van der Waals surface area contributed by atoms with Crippen LogP contribution >= 0.6 is 15.9 Å². The number of ketones is 1. The number of ether oxygens (including phenoxy) is 3. The molecule has 0 fully saturated rings. The maximum Gasteiger partial charge on any atom is 0.339 e. The van der Waals surface area contributed by atoms with E-state index in [2.05, 4.69) is 15.9 Å². The molecule has 0 aromatic heterocycles. The van der Waals surface area contributed by atoms with Crippen molar-refractivity contribution in [2.24, 2.45) is 0 Å². The highest BCUT2D eigenvalue weighted by atomic mass is 79.9. The summed E-state index contributed by atoms with van der Waals surface area (Å²) in [5.41, 5.74) is 1.73. The van der Waals surface area contributed by atoms with Gasteiger partial charge in [-0.3, -0.25) is 4.79 Å². The van der Waals surface area contributed by atoms with E-state index in [-0.39, 0.29) is 23.0 Å². The number of hydrogen-bond donors (Lipinski definition) is 0. The average Bonchev–Trinajstić information content (AvgIpc) is 2.77. The van der Waals surface area contributed by atoms with E-state index in [1.165, 1.54) is 13.2 Å². The summed E-state index contributed by atoms with van der Waals surface area (Å²) in [6.07, 6.45) is -0.330. The Kier molecular flexibility index (Phi) is 7.47. The molecule has 160 valence electrons. The lowest BCUT2D eigenvalue weighted by molar-refractivity contribution is 0.0375. The lowest BCUT2D eigenvalue weighted by Gasteiger charge is -2.16. The second kappa shape index (κ2) is 10.3. The fraction of sp³-hybridized carbons (Fsp3) is 0.200. The lowest BCUT2D eigenvalue weighted by atomic mass is 9.97. The second-order valence-electron chi connectivity index (χ2n) is 7.11. The van der Waals surface area contributed by atoms with E-state index in [0.717, 1.165) is 10.0 Å². The molecule has 0 N–H and O–H groups in total. The molecule has 0 atom stereocenters. The van der Waals surface area contributed by atoms with Gasteiger partial charge in [0.2, 0.25) is 0 Å². The average molecular weight is 483 g/mol. The molecule has 0 saturated carbocycles. The smallest absolute Gasteiger partial charge is 0.339 e. The standard InChI is InChI=1S/C25H23BrO5/c1-16(2)31-25(28)21-14-22(29-3)23(30-15-17-7-5-4-6-8-17)13-20(21)24(27)18-9-11-19(26)12-10-18/h4-14,16H,15H2,1-3H3. The summed E-state index contributed by atoms with van der Waals surface area (Å²) in [7, 11) is 1.48. The lowest BCUT2D eigenvalue weighted by Crippen LogP contribution is -2.17. The number of hydrogen-bond acceptors (Lipinski definition) is 5. The minimum atomic E-state index is -0.594. The monoisotopic (exact) mass is 482 g/mol. The summed E-state index contributed by atoms with van der Waals surface area (Å²) in [6, 6.07) is 19.6. The van der Waals surface area contributed by atoms with E-state index in [4.69, 9.17) is 14.2 Å². The zero-order chi connectivity index (χ0) is 22.4. The van der Waals surface area contributed by atoms with Gasteiger partial charge in [0, 0.05) is 15.6 Å². The highest BCUT2D eigenvalue weighted by molar-refractivity contribution is 9.10. The van der Waals surface area contributed by atoms with Gasteiger partial charge in [-0.15, -0.1) is 0 Å². The maximum atomic E-state index is 13.3. The molecular formula is C25H23BrO5. The molecule has 6 heteroatoms. The molecule has 0 radical (unpaired) electrons. The Labute approximate surface area is 190 Å². The van der Waals surface area contributed by atoms with Gasteiger partial charge in [0.05, 0.1) is 18.8 Å². The van der Waals surface area contributed by atoms with Crippen molar-refractivity contribution in [2.45, 2.75) is 26.6 Å². The van der Waals surface area contributed by atoms with Crippen LogP contribution in [0.4, 0.5) is 0 Å². The van der Waals surface area contributed by atoms with Crippen molar-refractivity contribution in [3.05, 3.63) is 93.5 Å². The normalized spacial score (nSPS) is 10.6. The number of methoxy groups -OCH3 is 1. The fourth-order valence-corrected chi connectivity index (χ4v) is 3.22. The SMILES string of the molecule is COc1cc(C(=O)OC(C)C)c(C(=O)c2ccc(Br)cc2)cc1OCc1ccccc1. The molecule has 31 heavy (non-hydrogen) atoms. The molecule has 5 nitrogen and oxygen atoms in total. The molecule has 0 bridgehead atoms. The molecule has 0 spiro atoms. The Balaban J connectivity index is 2.04. The summed E-state index contributed by atoms with van der Waals surface area (Å²) in [5.74, 6) is -0.189. The van der Waals surface area contributed by atoms with Crippen LogP contribution in [0.5, 0.6) is 11.5 Å². The van der Waals surface area contributed by atoms with Gasteiger partial charge in [0.25, 0.3) is 0 Å². The number of halogens is 1. The highest BCUT2D eigenvalue weighted by Gasteiger charge is 2.24. The molecule has 0 aliphatic carbocycles. The highest BCUT2D eigenvalue weighted by Crippen LogP contribution is 2.33. The van der Waals surface area contributed by atoms with Gasteiger partial charge >= 0.3 is 5.97 Å². The van der Waals surface area contributed by atoms with E-state index in [0.29, 0.717) is 23.7 Å². The molecule has 0 unspecified atom stereocenters. The quantitative estimate of drug-likeness (QED) is 0.298. The Morgan fingerprint density at radius 2 is 1.55 bits per heavy atom. The number of rotatable bonds is 8. The van der Waals surface area contributed by atoms with E-state index >= 15 is 0 Å². The fourth-order valence-electron chi connectivity index (χ4n) is 2.96. The third kappa shape index (κ3) is 5.73. The van der Waals surface area contributed by atoms with Crippen LogP contribution in [0.15, 0.2) is 71.2 Å². The first-order valence-corrected chi connectivity index (χ1v) is 10.6. The van der Waals surface area contributed by atoms with Gasteiger partial charge in [-0.25, -0.2) is 4.79 Å². The summed E-state index contributed by atoms with van der Waals surface area (Å²) in [6.45, 7) is 3.80. The molecule has 0 saturated heterocycles. The summed E-state index contributed by atoms with van der Waals surface area (Å²) in [5, 5.41) is 0.